The Morgan fingerprint density at radius 3 is 2.29 bits per heavy atom. The van der Waals surface area contributed by atoms with Crippen molar-refractivity contribution < 1.29 is 32.6 Å². The number of hydrogen-bond donors (Lipinski definition) is 6. The number of hydrogen-bond acceptors (Lipinski definition) is 7. The van der Waals surface area contributed by atoms with Crippen LogP contribution < -0.4 is 25.8 Å². The number of amidine groups is 1. The van der Waals surface area contributed by atoms with E-state index in [4.69, 9.17) is 21.0 Å². The number of nitrogen functional groups attached to an aromatic ring is 1. The van der Waals surface area contributed by atoms with Crippen LogP contribution in [-0.2, 0) is 19.6 Å². The number of nitrogens with one attached hydrogen (secondary N) is 4. The van der Waals surface area contributed by atoms with Crippen LogP contribution in [0.5, 0.6) is 5.75 Å². The molecule has 0 aliphatic carbocycles. The summed E-state index contributed by atoms with van der Waals surface area (Å²) in [5.74, 6) is -2.60. The van der Waals surface area contributed by atoms with Gasteiger partial charge in [-0.25, -0.2) is 8.42 Å². The highest BCUT2D eigenvalue weighted by Gasteiger charge is 2.26. The minimum atomic E-state index is -4.26. The number of ether oxygens (including phenoxy) is 1. The second-order valence-corrected chi connectivity index (χ2v) is 8.75. The van der Waals surface area contributed by atoms with E-state index >= 15 is 0 Å². The van der Waals surface area contributed by atoms with E-state index in [0.29, 0.717) is 11.1 Å². The number of rotatable bonds is 11. The molecule has 0 saturated carbocycles. The van der Waals surface area contributed by atoms with E-state index in [1.165, 1.54) is 56.5 Å². The molecule has 13 heteroatoms. The second kappa shape index (κ2) is 11.2. The van der Waals surface area contributed by atoms with Gasteiger partial charge in [-0.05, 0) is 31.2 Å². The predicted octanol–water partition coefficient (Wildman–Crippen LogP) is 0.489. The number of carbonyl (C=O) groups excluding carboxylic acids is 2. The predicted molar refractivity (Wildman–Crippen MR) is 123 cm³/mol. The number of methoxy groups -OCH3 is 1. The van der Waals surface area contributed by atoms with Crippen molar-refractivity contribution in [3.05, 3.63) is 53.6 Å². The van der Waals surface area contributed by atoms with E-state index in [2.05, 4.69) is 10.6 Å². The number of amides is 2. The molecule has 0 bridgehead atoms. The Labute approximate surface area is 196 Å². The molecule has 182 valence electrons. The lowest BCUT2D eigenvalue weighted by molar-refractivity contribution is -0.138. The average molecular weight is 492 g/mol. The van der Waals surface area contributed by atoms with Crippen LogP contribution in [0.1, 0.15) is 29.3 Å². The number of nitrogens with two attached hydrogens (primary N) is 1. The summed E-state index contributed by atoms with van der Waals surface area (Å²) in [4.78, 5) is 35.2. The zero-order chi connectivity index (χ0) is 25.5. The molecule has 7 N–H and O–H groups in total. The second-order valence-electron chi connectivity index (χ2n) is 7.06. The van der Waals surface area contributed by atoms with Crippen molar-refractivity contribution in [2.45, 2.75) is 24.3 Å². The standard InChI is InChI=1S/C21H25N5O7S/c1-12(21(29)30)26-34(31,32)16-5-3-4-15(18(16)33-2)25-17(27)10-11-24-20(28)14-8-6-13(7-9-14)19(22)23/h3-9,12,26H,10-11H2,1-2H3,(H3,22,23)(H,24,28)(H,25,27)(H,29,30)/t12-/m0/s1. The van der Waals surface area contributed by atoms with Crippen molar-refractivity contribution in [2.75, 3.05) is 19.0 Å². The van der Waals surface area contributed by atoms with Gasteiger partial charge in [0, 0.05) is 24.1 Å². The fourth-order valence-corrected chi connectivity index (χ4v) is 4.18. The van der Waals surface area contributed by atoms with Gasteiger partial charge < -0.3 is 26.2 Å². The van der Waals surface area contributed by atoms with E-state index in [-0.39, 0.29) is 35.1 Å². The van der Waals surface area contributed by atoms with Crippen LogP contribution in [0, 0.1) is 5.41 Å². The van der Waals surface area contributed by atoms with E-state index in [1.54, 1.807) is 0 Å². The number of benzene rings is 2. The first-order valence-electron chi connectivity index (χ1n) is 9.91. The first-order chi connectivity index (χ1) is 16.0. The average Bonchev–Trinajstić information content (AvgIpc) is 2.78. The summed E-state index contributed by atoms with van der Waals surface area (Å²) in [6.07, 6.45) is -0.119. The van der Waals surface area contributed by atoms with Crippen molar-refractivity contribution in [2.24, 2.45) is 5.73 Å². The van der Waals surface area contributed by atoms with Crippen molar-refractivity contribution >= 4 is 39.3 Å². The molecule has 34 heavy (non-hydrogen) atoms. The summed E-state index contributed by atoms with van der Waals surface area (Å²) in [5.41, 5.74) is 6.23. The molecule has 0 heterocycles. The Morgan fingerprint density at radius 1 is 1.12 bits per heavy atom. The van der Waals surface area contributed by atoms with Crippen LogP contribution in [0.4, 0.5) is 5.69 Å². The molecule has 0 fully saturated rings. The lowest BCUT2D eigenvalue weighted by Gasteiger charge is -2.16. The Morgan fingerprint density at radius 2 is 1.74 bits per heavy atom. The molecule has 0 aliphatic heterocycles. The van der Waals surface area contributed by atoms with Gasteiger partial charge >= 0.3 is 5.97 Å². The Balaban J connectivity index is 2.03. The highest BCUT2D eigenvalue weighted by molar-refractivity contribution is 7.89. The fourth-order valence-electron chi connectivity index (χ4n) is 2.79. The van der Waals surface area contributed by atoms with Gasteiger partial charge in [0.15, 0.2) is 5.75 Å². The molecule has 0 saturated heterocycles. The maximum Gasteiger partial charge on any atom is 0.321 e. The Bertz CT molecular complexity index is 1200. The zero-order valence-electron chi connectivity index (χ0n) is 18.4. The summed E-state index contributed by atoms with van der Waals surface area (Å²) >= 11 is 0. The topological polar surface area (TPSA) is 201 Å². The minimum absolute atomic E-state index is 0.00286. The van der Waals surface area contributed by atoms with E-state index < -0.39 is 33.8 Å². The third kappa shape index (κ3) is 6.76. The van der Waals surface area contributed by atoms with Crippen LogP contribution in [0.2, 0.25) is 0 Å². The number of carboxylic acid groups (broad SMARTS) is 1. The van der Waals surface area contributed by atoms with Crippen molar-refractivity contribution in [3.8, 4) is 5.75 Å². The third-order valence-corrected chi connectivity index (χ3v) is 6.11. The summed E-state index contributed by atoms with van der Waals surface area (Å²) < 4.78 is 32.3. The van der Waals surface area contributed by atoms with Gasteiger partial charge in [-0.1, -0.05) is 18.2 Å². The van der Waals surface area contributed by atoms with Gasteiger partial charge in [0.2, 0.25) is 15.9 Å². The van der Waals surface area contributed by atoms with Gasteiger partial charge in [0.1, 0.15) is 16.8 Å². The van der Waals surface area contributed by atoms with Crippen molar-refractivity contribution in [1.29, 1.82) is 5.41 Å². The highest BCUT2D eigenvalue weighted by Crippen LogP contribution is 2.32. The van der Waals surface area contributed by atoms with Gasteiger partial charge in [-0.2, -0.15) is 4.72 Å². The summed E-state index contributed by atoms with van der Waals surface area (Å²) in [5, 5.41) is 21.4. The first-order valence-corrected chi connectivity index (χ1v) is 11.4. The Kier molecular flexibility index (Phi) is 8.70. The lowest BCUT2D eigenvalue weighted by Crippen LogP contribution is -2.38. The molecular weight excluding hydrogens is 466 g/mol. The van der Waals surface area contributed by atoms with Crippen LogP contribution in [0.25, 0.3) is 0 Å². The van der Waals surface area contributed by atoms with Crippen LogP contribution in [-0.4, -0.2) is 56.8 Å². The molecule has 2 aromatic carbocycles. The first kappa shape index (κ1) is 26.3. The molecule has 0 unspecified atom stereocenters. The summed E-state index contributed by atoms with van der Waals surface area (Å²) in [6, 6.07) is 8.69. The molecule has 2 aromatic rings. The van der Waals surface area contributed by atoms with Gasteiger partial charge in [-0.15, -0.1) is 0 Å². The monoisotopic (exact) mass is 491 g/mol. The van der Waals surface area contributed by atoms with Crippen LogP contribution in [0.15, 0.2) is 47.4 Å². The molecule has 0 aliphatic rings. The van der Waals surface area contributed by atoms with Crippen molar-refractivity contribution in [1.82, 2.24) is 10.0 Å². The molecule has 1 atom stereocenters. The highest BCUT2D eigenvalue weighted by atomic mass is 32.2. The number of carbonyl (C=O) groups is 3. The fraction of sp³-hybridized carbons (Fsp3) is 0.238. The lowest BCUT2D eigenvalue weighted by atomic mass is 10.1. The summed E-state index contributed by atoms with van der Waals surface area (Å²) in [7, 11) is -3.05. The number of para-hydroxylation sites is 1. The van der Waals surface area contributed by atoms with Crippen LogP contribution >= 0.6 is 0 Å². The zero-order valence-corrected chi connectivity index (χ0v) is 19.2. The molecule has 0 aromatic heterocycles. The molecule has 2 amide bonds. The quantitative estimate of drug-likeness (QED) is 0.192. The van der Waals surface area contributed by atoms with Gasteiger partial charge in [0.25, 0.3) is 5.91 Å². The molecule has 12 nitrogen and oxygen atoms in total. The van der Waals surface area contributed by atoms with E-state index in [1.807, 2.05) is 4.72 Å². The summed E-state index contributed by atoms with van der Waals surface area (Å²) in [6.45, 7) is 1.17. The molecule has 2 rings (SSSR count). The number of anilines is 1. The van der Waals surface area contributed by atoms with Crippen LogP contribution in [0.3, 0.4) is 0 Å². The van der Waals surface area contributed by atoms with Gasteiger partial charge in [-0.3, -0.25) is 19.8 Å². The van der Waals surface area contributed by atoms with Gasteiger partial charge in [0.05, 0.1) is 12.8 Å². The van der Waals surface area contributed by atoms with Crippen molar-refractivity contribution in [3.63, 3.8) is 0 Å². The SMILES string of the molecule is COc1c(NC(=O)CCNC(=O)c2ccc(C(=N)N)cc2)cccc1S(=O)(=O)N[C@@H](C)C(=O)O. The van der Waals surface area contributed by atoms with E-state index in [0.717, 1.165) is 0 Å². The maximum atomic E-state index is 12.6. The number of carboxylic acids is 1. The minimum Gasteiger partial charge on any atom is -0.493 e. The Hall–Kier alpha value is -3.97. The van der Waals surface area contributed by atoms with E-state index in [9.17, 15) is 22.8 Å². The number of sulfonamides is 1. The molecule has 0 spiro atoms. The normalized spacial score (nSPS) is 11.8. The molecular formula is C21H25N5O7S. The maximum absolute atomic E-state index is 12.6. The molecule has 0 radical (unpaired) electrons. The largest absolute Gasteiger partial charge is 0.493 e. The number of aliphatic carboxylic acids is 1. The third-order valence-electron chi connectivity index (χ3n) is 4.54. The smallest absolute Gasteiger partial charge is 0.321 e.